The molecule has 0 amide bonds. The first-order chi connectivity index (χ1) is 12.0. The lowest BCUT2D eigenvalue weighted by Gasteiger charge is -2.34. The predicted octanol–water partition coefficient (Wildman–Crippen LogP) is 7.40. The van der Waals surface area contributed by atoms with Crippen LogP contribution in [-0.2, 0) is 0 Å². The van der Waals surface area contributed by atoms with Crippen LogP contribution >= 0.6 is 0 Å². The van der Waals surface area contributed by atoms with E-state index in [-0.39, 0.29) is 11.3 Å². The molecule has 1 heteroatoms. The van der Waals surface area contributed by atoms with Crippen molar-refractivity contribution in [2.75, 3.05) is 5.32 Å². The third kappa shape index (κ3) is 4.66. The van der Waals surface area contributed by atoms with Crippen molar-refractivity contribution < 1.29 is 0 Å². The fourth-order valence-corrected chi connectivity index (χ4v) is 3.82. The van der Waals surface area contributed by atoms with Gasteiger partial charge in [0, 0.05) is 17.3 Å². The van der Waals surface area contributed by atoms with Crippen LogP contribution in [-0.4, -0.2) is 0 Å². The van der Waals surface area contributed by atoms with Crippen LogP contribution in [0.1, 0.15) is 61.4 Å². The Morgan fingerprint density at radius 1 is 0.923 bits per heavy atom. The van der Waals surface area contributed by atoms with Crippen molar-refractivity contribution in [3.8, 4) is 0 Å². The number of hydrogen-bond donors (Lipinski definition) is 1. The average molecular weight is 348 g/mol. The van der Waals surface area contributed by atoms with Gasteiger partial charge in [0.2, 0.25) is 0 Å². The number of rotatable bonds is 5. The Hall–Kier alpha value is -2.28. The third-order valence-corrected chi connectivity index (χ3v) is 4.79. The summed E-state index contributed by atoms with van der Waals surface area (Å²) in [5.41, 5.74) is 9.59. The van der Waals surface area contributed by atoms with E-state index in [4.69, 9.17) is 0 Å². The van der Waals surface area contributed by atoms with Gasteiger partial charge in [-0.3, -0.25) is 0 Å². The lowest BCUT2D eigenvalue weighted by molar-refractivity contribution is 0.355. The first-order valence-corrected chi connectivity index (χ1v) is 9.29. The number of benzene rings is 2. The Morgan fingerprint density at radius 2 is 1.50 bits per heavy atom. The summed E-state index contributed by atoms with van der Waals surface area (Å²) in [6, 6.07) is 13.2. The zero-order valence-electron chi connectivity index (χ0n) is 17.5. The van der Waals surface area contributed by atoms with E-state index in [0.29, 0.717) is 0 Å². The number of nitrogens with one attached hydrogen (secondary N) is 1. The molecule has 0 heterocycles. The highest BCUT2D eigenvalue weighted by atomic mass is 14.9. The molecule has 0 radical (unpaired) electrons. The maximum Gasteiger partial charge on any atom is 0.0388 e. The molecule has 0 spiro atoms. The van der Waals surface area contributed by atoms with Crippen molar-refractivity contribution in [3.63, 3.8) is 0 Å². The molecule has 1 unspecified atom stereocenters. The fraction of sp³-hybridized carbons (Fsp3) is 0.360. The first kappa shape index (κ1) is 20.0. The lowest BCUT2D eigenvalue weighted by atomic mass is 9.74. The minimum Gasteiger partial charge on any atom is -0.359 e. The van der Waals surface area contributed by atoms with E-state index in [1.807, 2.05) is 0 Å². The molecule has 2 aromatic carbocycles. The second-order valence-electron chi connectivity index (χ2n) is 8.68. The summed E-state index contributed by atoms with van der Waals surface area (Å²) in [6.45, 7) is 23.8. The second-order valence-corrected chi connectivity index (χ2v) is 8.68. The van der Waals surface area contributed by atoms with Gasteiger partial charge in [-0.15, -0.1) is 0 Å². The first-order valence-electron chi connectivity index (χ1n) is 9.29. The fourth-order valence-electron chi connectivity index (χ4n) is 3.82. The molecule has 0 aliphatic carbocycles. The van der Waals surface area contributed by atoms with Crippen LogP contribution in [0.4, 0.5) is 5.69 Å². The average Bonchev–Trinajstić information content (AvgIpc) is 2.46. The Balaban J connectivity index is 2.40. The Bertz CT molecular complexity index is 813. The zero-order chi connectivity index (χ0) is 19.6. The van der Waals surface area contributed by atoms with Gasteiger partial charge in [0.1, 0.15) is 0 Å². The van der Waals surface area contributed by atoms with Crippen molar-refractivity contribution in [2.45, 2.75) is 54.4 Å². The summed E-state index contributed by atoms with van der Waals surface area (Å²) in [7, 11) is 0. The molecule has 0 saturated heterocycles. The number of aryl methyl sites for hydroxylation is 3. The number of allylic oxidation sites excluding steroid dienone is 2. The molecule has 138 valence electrons. The summed E-state index contributed by atoms with van der Waals surface area (Å²) in [6.07, 6.45) is 0. The molecule has 2 rings (SSSR count). The Labute approximate surface area is 159 Å². The minimum atomic E-state index is 0.0617. The van der Waals surface area contributed by atoms with Crippen molar-refractivity contribution >= 4 is 11.3 Å². The van der Waals surface area contributed by atoms with Gasteiger partial charge in [-0.25, -0.2) is 0 Å². The van der Waals surface area contributed by atoms with Crippen LogP contribution in [0.2, 0.25) is 0 Å². The molecule has 1 atom stereocenters. The van der Waals surface area contributed by atoms with E-state index < -0.39 is 0 Å². The molecule has 0 aromatic heterocycles. The van der Waals surface area contributed by atoms with Crippen LogP contribution in [0.15, 0.2) is 55.3 Å². The zero-order valence-corrected chi connectivity index (χ0v) is 17.5. The lowest BCUT2D eigenvalue weighted by Crippen LogP contribution is -2.23. The third-order valence-electron chi connectivity index (χ3n) is 4.79. The second kappa shape index (κ2) is 7.53. The Morgan fingerprint density at radius 3 is 2.00 bits per heavy atom. The van der Waals surface area contributed by atoms with E-state index in [9.17, 15) is 0 Å². The molecule has 1 nitrogen and oxygen atoms in total. The van der Waals surface area contributed by atoms with Crippen molar-refractivity contribution in [1.29, 1.82) is 0 Å². The van der Waals surface area contributed by atoms with Crippen LogP contribution in [0, 0.1) is 26.2 Å². The SMILES string of the molecule is C=C(C)c1cc(NC(=C)C(c2cc(C)cc(C)c2)C(C)(C)C)ccc1C. The molecular weight excluding hydrogens is 314 g/mol. The van der Waals surface area contributed by atoms with Gasteiger partial charge in [-0.2, -0.15) is 0 Å². The van der Waals surface area contributed by atoms with E-state index in [0.717, 1.165) is 17.0 Å². The highest BCUT2D eigenvalue weighted by Gasteiger charge is 2.29. The molecule has 26 heavy (non-hydrogen) atoms. The molecule has 0 aliphatic rings. The predicted molar refractivity (Wildman–Crippen MR) is 117 cm³/mol. The molecule has 0 bridgehead atoms. The van der Waals surface area contributed by atoms with Gasteiger partial charge in [-0.05, 0) is 61.9 Å². The maximum atomic E-state index is 4.42. The highest BCUT2D eigenvalue weighted by molar-refractivity contribution is 5.69. The summed E-state index contributed by atoms with van der Waals surface area (Å²) in [5, 5.41) is 3.57. The Kier molecular flexibility index (Phi) is 5.81. The summed E-state index contributed by atoms with van der Waals surface area (Å²) in [4.78, 5) is 0. The van der Waals surface area contributed by atoms with Crippen molar-refractivity contribution in [1.82, 2.24) is 0 Å². The van der Waals surface area contributed by atoms with Gasteiger partial charge in [-0.1, -0.05) is 74.9 Å². The van der Waals surface area contributed by atoms with Crippen LogP contribution < -0.4 is 5.32 Å². The minimum absolute atomic E-state index is 0.0617. The van der Waals surface area contributed by atoms with Gasteiger partial charge >= 0.3 is 0 Å². The number of hydrogen-bond acceptors (Lipinski definition) is 1. The maximum absolute atomic E-state index is 4.42. The molecule has 0 fully saturated rings. The van der Waals surface area contributed by atoms with Crippen LogP contribution in [0.25, 0.3) is 5.57 Å². The van der Waals surface area contributed by atoms with Gasteiger partial charge < -0.3 is 5.32 Å². The standard InChI is InChI=1S/C25H33N/c1-16(2)23-15-22(11-10-19(23)5)26-20(6)24(25(7,8)9)21-13-17(3)12-18(4)14-21/h10-15,24,26H,1,6H2,2-5,7-9H3. The number of anilines is 1. The molecule has 2 aromatic rings. The molecule has 1 N–H and O–H groups in total. The van der Waals surface area contributed by atoms with Crippen LogP contribution in [0.5, 0.6) is 0 Å². The van der Waals surface area contributed by atoms with E-state index >= 15 is 0 Å². The van der Waals surface area contributed by atoms with E-state index in [2.05, 4.69) is 103 Å². The topological polar surface area (TPSA) is 12.0 Å². The summed E-state index contributed by atoms with van der Waals surface area (Å²) < 4.78 is 0. The summed E-state index contributed by atoms with van der Waals surface area (Å²) >= 11 is 0. The van der Waals surface area contributed by atoms with Gasteiger partial charge in [0.05, 0.1) is 0 Å². The quantitative estimate of drug-likeness (QED) is 0.594. The van der Waals surface area contributed by atoms with Gasteiger partial charge in [0.25, 0.3) is 0 Å². The highest BCUT2D eigenvalue weighted by Crippen LogP contribution is 2.41. The summed E-state index contributed by atoms with van der Waals surface area (Å²) in [5.74, 6) is 0.218. The van der Waals surface area contributed by atoms with Gasteiger partial charge in [0.15, 0.2) is 0 Å². The van der Waals surface area contributed by atoms with Crippen LogP contribution in [0.3, 0.4) is 0 Å². The van der Waals surface area contributed by atoms with Crippen molar-refractivity contribution in [2.24, 2.45) is 5.41 Å². The van der Waals surface area contributed by atoms with E-state index in [1.54, 1.807) is 0 Å². The molecule has 0 saturated carbocycles. The monoisotopic (exact) mass is 347 g/mol. The molecule has 0 aliphatic heterocycles. The van der Waals surface area contributed by atoms with Crippen molar-refractivity contribution in [3.05, 3.63) is 83.1 Å². The van der Waals surface area contributed by atoms with E-state index in [1.165, 1.54) is 27.8 Å². The largest absolute Gasteiger partial charge is 0.359 e. The normalized spacial score (nSPS) is 12.6. The molecular formula is C25H33N. The smallest absolute Gasteiger partial charge is 0.0388 e.